The number of aromatic hydroxyl groups is 1. The number of ether oxygens (including phenoxy) is 1. The molecule has 0 aliphatic rings. The van der Waals surface area contributed by atoms with Crippen LogP contribution < -0.4 is 15.5 Å². The Morgan fingerprint density at radius 3 is 2.64 bits per heavy atom. The van der Waals surface area contributed by atoms with E-state index < -0.39 is 0 Å². The molecule has 0 unspecified atom stereocenters. The summed E-state index contributed by atoms with van der Waals surface area (Å²) >= 11 is 5.14. The number of hydrazone groups is 1. The lowest BCUT2D eigenvalue weighted by Crippen LogP contribution is -2.23. The summed E-state index contributed by atoms with van der Waals surface area (Å²) in [5, 5.41) is 17.1. The summed E-state index contributed by atoms with van der Waals surface area (Å²) < 4.78 is 5.09. The Balaban J connectivity index is 1.94. The summed E-state index contributed by atoms with van der Waals surface area (Å²) in [4.78, 5) is 0. The molecule has 0 heterocycles. The molecule has 0 spiro atoms. The number of methoxy groups -OCH3 is 1. The summed E-state index contributed by atoms with van der Waals surface area (Å²) in [5.74, 6) is 0.753. The minimum Gasteiger partial charge on any atom is -0.507 e. The van der Waals surface area contributed by atoms with Crippen LogP contribution >= 0.6 is 12.2 Å². The summed E-state index contributed by atoms with van der Waals surface area (Å²) in [6.07, 6.45) is 1.47. The standard InChI is InChI=1S/C16H17N3O2S/c1-11-3-5-13(6-4-11)18-16(22)19-17-10-12-9-14(21-2)7-8-15(12)20/h3-10,20H,1-2H3,(H2,18,19,22). The molecular weight excluding hydrogens is 298 g/mol. The van der Waals surface area contributed by atoms with Crippen LogP contribution in [0.25, 0.3) is 0 Å². The third kappa shape index (κ3) is 4.46. The Labute approximate surface area is 134 Å². The number of thiocarbonyl (C=S) groups is 1. The van der Waals surface area contributed by atoms with Gasteiger partial charge in [-0.15, -0.1) is 0 Å². The van der Waals surface area contributed by atoms with Gasteiger partial charge in [0, 0.05) is 11.3 Å². The first kappa shape index (κ1) is 15.8. The predicted octanol–water partition coefficient (Wildman–Crippen LogP) is 3.03. The molecule has 0 atom stereocenters. The summed E-state index contributed by atoms with van der Waals surface area (Å²) in [6, 6.07) is 12.7. The number of hydrogen-bond acceptors (Lipinski definition) is 4. The van der Waals surface area contributed by atoms with Gasteiger partial charge in [-0.1, -0.05) is 17.7 Å². The molecule has 0 fully saturated rings. The van der Waals surface area contributed by atoms with Gasteiger partial charge in [0.05, 0.1) is 13.3 Å². The lowest BCUT2D eigenvalue weighted by Gasteiger charge is -2.07. The van der Waals surface area contributed by atoms with Gasteiger partial charge in [-0.2, -0.15) is 5.10 Å². The number of nitrogens with zero attached hydrogens (tertiary/aromatic N) is 1. The van der Waals surface area contributed by atoms with Gasteiger partial charge < -0.3 is 15.2 Å². The Kier molecular flexibility index (Phi) is 5.32. The van der Waals surface area contributed by atoms with Crippen LogP contribution in [-0.2, 0) is 0 Å². The van der Waals surface area contributed by atoms with Crippen LogP contribution in [0.5, 0.6) is 11.5 Å². The number of benzene rings is 2. The number of rotatable bonds is 4. The van der Waals surface area contributed by atoms with Crippen molar-refractivity contribution in [1.82, 2.24) is 5.43 Å². The monoisotopic (exact) mass is 315 g/mol. The van der Waals surface area contributed by atoms with Crippen molar-refractivity contribution in [3.05, 3.63) is 53.6 Å². The second-order valence-corrected chi connectivity index (χ2v) is 5.02. The second-order valence-electron chi connectivity index (χ2n) is 4.61. The molecule has 0 bridgehead atoms. The minimum absolute atomic E-state index is 0.115. The number of aryl methyl sites for hydroxylation is 1. The number of phenolic OH excluding ortho intramolecular Hbond substituents is 1. The molecule has 0 aliphatic heterocycles. The normalized spacial score (nSPS) is 10.5. The first-order valence-electron chi connectivity index (χ1n) is 6.62. The molecule has 0 radical (unpaired) electrons. The van der Waals surface area contributed by atoms with Crippen LogP contribution in [0.1, 0.15) is 11.1 Å². The average Bonchev–Trinajstić information content (AvgIpc) is 2.51. The fourth-order valence-corrected chi connectivity index (χ4v) is 1.89. The SMILES string of the molecule is COc1ccc(O)c(C=NNC(=S)Nc2ccc(C)cc2)c1. The fourth-order valence-electron chi connectivity index (χ4n) is 1.72. The molecule has 22 heavy (non-hydrogen) atoms. The third-order valence-electron chi connectivity index (χ3n) is 2.91. The van der Waals surface area contributed by atoms with Gasteiger partial charge in [0.25, 0.3) is 0 Å². The summed E-state index contributed by atoms with van der Waals surface area (Å²) in [5.41, 5.74) is 5.28. The molecule has 3 N–H and O–H groups in total. The van der Waals surface area contributed by atoms with E-state index in [0.717, 1.165) is 5.69 Å². The highest BCUT2D eigenvalue weighted by molar-refractivity contribution is 7.80. The topological polar surface area (TPSA) is 65.9 Å². The van der Waals surface area contributed by atoms with Crippen LogP contribution in [0.3, 0.4) is 0 Å². The van der Waals surface area contributed by atoms with Crippen molar-refractivity contribution in [1.29, 1.82) is 0 Å². The van der Waals surface area contributed by atoms with Gasteiger partial charge in [-0.25, -0.2) is 0 Å². The highest BCUT2D eigenvalue weighted by Crippen LogP contribution is 2.20. The molecule has 0 aromatic heterocycles. The molecule has 2 aromatic rings. The Hall–Kier alpha value is -2.60. The number of anilines is 1. The second kappa shape index (κ2) is 7.42. The van der Waals surface area contributed by atoms with Gasteiger partial charge >= 0.3 is 0 Å². The molecule has 0 saturated heterocycles. The van der Waals surface area contributed by atoms with Crippen molar-refractivity contribution in [2.45, 2.75) is 6.92 Å². The minimum atomic E-state index is 0.115. The average molecular weight is 315 g/mol. The van der Waals surface area contributed by atoms with Crippen molar-refractivity contribution >= 4 is 29.2 Å². The number of nitrogens with one attached hydrogen (secondary N) is 2. The van der Waals surface area contributed by atoms with Crippen LogP contribution in [-0.4, -0.2) is 23.5 Å². The van der Waals surface area contributed by atoms with Gasteiger partial charge in [-0.05, 0) is 49.5 Å². The molecule has 5 nitrogen and oxygen atoms in total. The largest absolute Gasteiger partial charge is 0.507 e. The Morgan fingerprint density at radius 1 is 1.23 bits per heavy atom. The van der Waals surface area contributed by atoms with E-state index in [1.54, 1.807) is 25.3 Å². The van der Waals surface area contributed by atoms with Crippen LogP contribution in [0.15, 0.2) is 47.6 Å². The molecule has 2 aromatic carbocycles. The van der Waals surface area contributed by atoms with E-state index in [-0.39, 0.29) is 5.75 Å². The maximum Gasteiger partial charge on any atom is 0.191 e. The number of phenols is 1. The van der Waals surface area contributed by atoms with Crippen molar-refractivity contribution in [3.8, 4) is 11.5 Å². The molecule has 0 aliphatic carbocycles. The highest BCUT2D eigenvalue weighted by Gasteiger charge is 2.01. The zero-order chi connectivity index (χ0) is 15.9. The van der Waals surface area contributed by atoms with Crippen molar-refractivity contribution in [2.24, 2.45) is 5.10 Å². The fraction of sp³-hybridized carbons (Fsp3) is 0.125. The van der Waals surface area contributed by atoms with Crippen LogP contribution in [0.2, 0.25) is 0 Å². The highest BCUT2D eigenvalue weighted by atomic mass is 32.1. The Bertz CT molecular complexity index is 684. The van der Waals surface area contributed by atoms with Crippen molar-refractivity contribution in [3.63, 3.8) is 0 Å². The third-order valence-corrected chi connectivity index (χ3v) is 3.11. The van der Waals surface area contributed by atoms with Gasteiger partial charge in [0.2, 0.25) is 0 Å². The first-order valence-corrected chi connectivity index (χ1v) is 7.03. The van der Waals surface area contributed by atoms with E-state index in [9.17, 15) is 5.11 Å². The zero-order valence-electron chi connectivity index (χ0n) is 12.3. The predicted molar refractivity (Wildman–Crippen MR) is 92.8 cm³/mol. The van der Waals surface area contributed by atoms with E-state index in [2.05, 4.69) is 15.8 Å². The summed E-state index contributed by atoms with van der Waals surface area (Å²) in [6.45, 7) is 2.02. The first-order chi connectivity index (χ1) is 10.6. The van der Waals surface area contributed by atoms with Crippen LogP contribution in [0.4, 0.5) is 5.69 Å². The molecule has 2 rings (SSSR count). The Morgan fingerprint density at radius 2 is 1.95 bits per heavy atom. The van der Waals surface area contributed by atoms with Crippen molar-refractivity contribution < 1.29 is 9.84 Å². The van der Waals surface area contributed by atoms with E-state index in [4.69, 9.17) is 17.0 Å². The quantitative estimate of drug-likeness (QED) is 0.460. The molecule has 0 amide bonds. The van der Waals surface area contributed by atoms with E-state index in [1.165, 1.54) is 11.8 Å². The lowest BCUT2D eigenvalue weighted by atomic mass is 10.2. The molecule has 114 valence electrons. The van der Waals surface area contributed by atoms with Gasteiger partial charge in [0.15, 0.2) is 5.11 Å². The van der Waals surface area contributed by atoms with E-state index >= 15 is 0 Å². The zero-order valence-corrected chi connectivity index (χ0v) is 13.1. The van der Waals surface area contributed by atoms with Crippen LogP contribution in [0, 0.1) is 6.92 Å². The van der Waals surface area contributed by atoms with Gasteiger partial charge in [-0.3, -0.25) is 5.43 Å². The maximum atomic E-state index is 9.73. The molecular formula is C16H17N3O2S. The molecule has 0 saturated carbocycles. The maximum absolute atomic E-state index is 9.73. The lowest BCUT2D eigenvalue weighted by molar-refractivity contribution is 0.412. The van der Waals surface area contributed by atoms with E-state index in [1.807, 2.05) is 31.2 Å². The van der Waals surface area contributed by atoms with E-state index in [0.29, 0.717) is 16.4 Å². The number of hydrogen-bond donors (Lipinski definition) is 3. The van der Waals surface area contributed by atoms with Gasteiger partial charge in [0.1, 0.15) is 11.5 Å². The summed E-state index contributed by atoms with van der Waals surface area (Å²) in [7, 11) is 1.56. The smallest absolute Gasteiger partial charge is 0.191 e. The molecule has 6 heteroatoms. The van der Waals surface area contributed by atoms with Crippen molar-refractivity contribution in [2.75, 3.05) is 12.4 Å².